The van der Waals surface area contributed by atoms with E-state index in [4.69, 9.17) is 11.6 Å². The van der Waals surface area contributed by atoms with Gasteiger partial charge in [0.25, 0.3) is 0 Å². The highest BCUT2D eigenvalue weighted by Gasteiger charge is 2.21. The lowest BCUT2D eigenvalue weighted by atomic mass is 10.2. The molecule has 1 fully saturated rings. The van der Waals surface area contributed by atoms with Crippen molar-refractivity contribution in [2.24, 2.45) is 0 Å². The van der Waals surface area contributed by atoms with Crippen LogP contribution in [0.3, 0.4) is 0 Å². The monoisotopic (exact) mass is 437 g/mol. The minimum atomic E-state index is -3.77. The number of hydrogen-bond donors (Lipinski definition) is 1. The van der Waals surface area contributed by atoms with Crippen LogP contribution >= 0.6 is 11.6 Å². The fourth-order valence-electron chi connectivity index (χ4n) is 3.25. The fourth-order valence-corrected chi connectivity index (χ4v) is 4.81. The summed E-state index contributed by atoms with van der Waals surface area (Å²) < 4.78 is 32.3. The average molecular weight is 438 g/mol. The van der Waals surface area contributed by atoms with E-state index >= 15 is 0 Å². The summed E-state index contributed by atoms with van der Waals surface area (Å²) in [5.74, 6) is -0.571. The zero-order valence-electron chi connectivity index (χ0n) is 16.2. The molecule has 0 atom stereocenters. The Bertz CT molecular complexity index is 945. The number of piperazine rings is 1. The molecular formula is C20H24ClN3O4S. The Morgan fingerprint density at radius 3 is 2.41 bits per heavy atom. The van der Waals surface area contributed by atoms with Gasteiger partial charge in [0.05, 0.1) is 17.7 Å². The van der Waals surface area contributed by atoms with Crippen LogP contribution in [-0.4, -0.2) is 65.7 Å². The van der Waals surface area contributed by atoms with Gasteiger partial charge in [0, 0.05) is 45.0 Å². The van der Waals surface area contributed by atoms with Crippen LogP contribution in [-0.2, 0) is 14.8 Å². The number of para-hydroxylation sites is 1. The van der Waals surface area contributed by atoms with Gasteiger partial charge in [-0.1, -0.05) is 29.8 Å². The van der Waals surface area contributed by atoms with Crippen molar-refractivity contribution in [3.8, 4) is 0 Å². The molecular weight excluding hydrogens is 414 g/mol. The van der Waals surface area contributed by atoms with E-state index < -0.39 is 16.0 Å². The van der Waals surface area contributed by atoms with Crippen LogP contribution in [0.4, 0.5) is 5.69 Å². The first kappa shape index (κ1) is 21.6. The second-order valence-corrected chi connectivity index (χ2v) is 8.84. The molecule has 1 saturated heterocycles. The van der Waals surface area contributed by atoms with Crippen molar-refractivity contribution in [1.29, 1.82) is 0 Å². The summed E-state index contributed by atoms with van der Waals surface area (Å²) in [6.07, 6.45) is 0. The number of carbonyl (C=O) groups excluding carboxylic acids is 1. The lowest BCUT2D eigenvalue weighted by Crippen LogP contribution is -2.48. The summed E-state index contributed by atoms with van der Waals surface area (Å²) >= 11 is 6.07. The molecule has 1 aliphatic heterocycles. The third-order valence-corrected chi connectivity index (χ3v) is 6.80. The molecule has 2 aromatic carbocycles. The number of anilines is 1. The van der Waals surface area contributed by atoms with E-state index in [0.717, 1.165) is 26.2 Å². The zero-order valence-corrected chi connectivity index (χ0v) is 17.7. The molecule has 9 heteroatoms. The van der Waals surface area contributed by atoms with Gasteiger partial charge in [-0.25, -0.2) is 17.9 Å². The summed E-state index contributed by atoms with van der Waals surface area (Å²) in [4.78, 5) is 16.0. The molecule has 0 aliphatic carbocycles. The number of ether oxygens (including phenoxy) is 1. The molecule has 29 heavy (non-hydrogen) atoms. The third kappa shape index (κ3) is 5.48. The molecule has 0 unspecified atom stereocenters. The summed E-state index contributed by atoms with van der Waals surface area (Å²) in [5, 5.41) is -0.0168. The summed E-state index contributed by atoms with van der Waals surface area (Å²) in [6, 6.07) is 14.2. The predicted octanol–water partition coefficient (Wildman–Crippen LogP) is 2.23. The van der Waals surface area contributed by atoms with Crippen LogP contribution in [0, 0.1) is 0 Å². The van der Waals surface area contributed by atoms with E-state index in [9.17, 15) is 13.2 Å². The molecule has 0 spiro atoms. The zero-order chi connectivity index (χ0) is 20.9. The van der Waals surface area contributed by atoms with Gasteiger partial charge < -0.3 is 9.64 Å². The Labute approximate surface area is 176 Å². The van der Waals surface area contributed by atoms with E-state index in [1.807, 2.05) is 18.2 Å². The van der Waals surface area contributed by atoms with Gasteiger partial charge in [0.2, 0.25) is 10.0 Å². The molecule has 3 rings (SSSR count). The molecule has 1 N–H and O–H groups in total. The van der Waals surface area contributed by atoms with Gasteiger partial charge in [-0.2, -0.15) is 0 Å². The minimum Gasteiger partial charge on any atom is -0.465 e. The molecule has 0 aromatic heterocycles. The van der Waals surface area contributed by atoms with Crippen LogP contribution in [0.25, 0.3) is 0 Å². The van der Waals surface area contributed by atoms with Crippen molar-refractivity contribution in [2.45, 2.75) is 4.90 Å². The van der Waals surface area contributed by atoms with Crippen LogP contribution in [0.2, 0.25) is 5.02 Å². The smallest absolute Gasteiger partial charge is 0.337 e. The van der Waals surface area contributed by atoms with Crippen molar-refractivity contribution < 1.29 is 17.9 Å². The summed E-state index contributed by atoms with van der Waals surface area (Å²) in [7, 11) is -2.51. The first-order chi connectivity index (χ1) is 13.9. The second kappa shape index (κ2) is 9.58. The van der Waals surface area contributed by atoms with Crippen LogP contribution < -0.4 is 9.62 Å². The molecule has 7 nitrogen and oxygen atoms in total. The fraction of sp³-hybridized carbons (Fsp3) is 0.350. The lowest BCUT2D eigenvalue weighted by Gasteiger charge is -2.36. The first-order valence-corrected chi connectivity index (χ1v) is 11.2. The Morgan fingerprint density at radius 2 is 1.79 bits per heavy atom. The number of nitrogens with zero attached hydrogens (tertiary/aromatic N) is 2. The topological polar surface area (TPSA) is 78.9 Å². The van der Waals surface area contributed by atoms with E-state index in [1.54, 1.807) is 0 Å². The van der Waals surface area contributed by atoms with Crippen LogP contribution in [0.1, 0.15) is 10.4 Å². The molecule has 0 amide bonds. The third-order valence-electron chi connectivity index (χ3n) is 4.86. The maximum Gasteiger partial charge on any atom is 0.337 e. The average Bonchev–Trinajstić information content (AvgIpc) is 2.74. The first-order valence-electron chi connectivity index (χ1n) is 9.30. The Morgan fingerprint density at radius 1 is 1.10 bits per heavy atom. The van der Waals surface area contributed by atoms with Crippen molar-refractivity contribution in [1.82, 2.24) is 9.62 Å². The number of methoxy groups -OCH3 is 1. The quantitative estimate of drug-likeness (QED) is 0.669. The second-order valence-electron chi connectivity index (χ2n) is 6.70. The van der Waals surface area contributed by atoms with E-state index in [2.05, 4.69) is 31.4 Å². The van der Waals surface area contributed by atoms with Crippen molar-refractivity contribution >= 4 is 33.3 Å². The Balaban J connectivity index is 1.51. The van der Waals surface area contributed by atoms with E-state index in [1.165, 1.54) is 31.0 Å². The Kier molecular flexibility index (Phi) is 7.13. The molecule has 0 radical (unpaired) electrons. The maximum absolute atomic E-state index is 12.5. The van der Waals surface area contributed by atoms with Gasteiger partial charge >= 0.3 is 5.97 Å². The van der Waals surface area contributed by atoms with E-state index in [0.29, 0.717) is 6.54 Å². The Hall–Kier alpha value is -2.13. The minimum absolute atomic E-state index is 0.0168. The number of nitrogens with one attached hydrogen (secondary N) is 1. The number of esters is 1. The molecule has 1 aliphatic rings. The molecule has 0 saturated carbocycles. The number of halogens is 1. The van der Waals surface area contributed by atoms with Gasteiger partial charge in [-0.3, -0.25) is 4.90 Å². The van der Waals surface area contributed by atoms with E-state index in [-0.39, 0.29) is 22.0 Å². The van der Waals surface area contributed by atoms with Crippen LogP contribution in [0.15, 0.2) is 53.4 Å². The van der Waals surface area contributed by atoms with Gasteiger partial charge in [-0.05, 0) is 30.3 Å². The van der Waals surface area contributed by atoms with Gasteiger partial charge in [-0.15, -0.1) is 0 Å². The van der Waals surface area contributed by atoms with Crippen molar-refractivity contribution in [3.05, 3.63) is 59.1 Å². The highest BCUT2D eigenvalue weighted by molar-refractivity contribution is 7.89. The highest BCUT2D eigenvalue weighted by Crippen LogP contribution is 2.23. The predicted molar refractivity (Wildman–Crippen MR) is 113 cm³/mol. The normalized spacial score (nSPS) is 15.3. The standard InChI is InChI=1S/C20H24ClN3O4S/c1-28-20(25)16-7-8-19(18(21)15-16)29(26,27)22-9-10-23-11-13-24(14-12-23)17-5-3-2-4-6-17/h2-8,15,22H,9-14H2,1H3. The lowest BCUT2D eigenvalue weighted by molar-refractivity contribution is 0.0600. The highest BCUT2D eigenvalue weighted by atomic mass is 35.5. The van der Waals surface area contributed by atoms with Gasteiger partial charge in [0.15, 0.2) is 0 Å². The SMILES string of the molecule is COC(=O)c1ccc(S(=O)(=O)NCCN2CCN(c3ccccc3)CC2)c(Cl)c1. The number of sulfonamides is 1. The number of benzene rings is 2. The number of rotatable bonds is 7. The maximum atomic E-state index is 12.5. The molecule has 0 bridgehead atoms. The van der Waals surface area contributed by atoms with Crippen molar-refractivity contribution in [3.63, 3.8) is 0 Å². The molecule has 2 aromatic rings. The van der Waals surface area contributed by atoms with Crippen molar-refractivity contribution in [2.75, 3.05) is 51.3 Å². The number of hydrogen-bond acceptors (Lipinski definition) is 6. The largest absolute Gasteiger partial charge is 0.465 e. The summed E-state index contributed by atoms with van der Waals surface area (Å²) in [6.45, 7) is 4.42. The number of carbonyl (C=O) groups is 1. The van der Waals surface area contributed by atoms with Crippen LogP contribution in [0.5, 0.6) is 0 Å². The van der Waals surface area contributed by atoms with Gasteiger partial charge in [0.1, 0.15) is 4.90 Å². The molecule has 156 valence electrons. The molecule has 1 heterocycles. The summed E-state index contributed by atoms with van der Waals surface area (Å²) in [5.41, 5.74) is 1.41.